The van der Waals surface area contributed by atoms with Gasteiger partial charge in [-0.05, 0) is 69.1 Å². The Kier molecular flexibility index (Phi) is 5.94. The second-order valence-electron chi connectivity index (χ2n) is 8.58. The van der Waals surface area contributed by atoms with Gasteiger partial charge in [0.25, 0.3) is 0 Å². The molecule has 1 aromatic carbocycles. The molecule has 0 saturated carbocycles. The summed E-state index contributed by atoms with van der Waals surface area (Å²) >= 11 is 6.24. The lowest BCUT2D eigenvalue weighted by Gasteiger charge is -2.42. The van der Waals surface area contributed by atoms with Gasteiger partial charge in [-0.25, -0.2) is 9.97 Å². The highest BCUT2D eigenvalue weighted by atomic mass is 35.5. The van der Waals surface area contributed by atoms with Crippen molar-refractivity contribution in [3.8, 4) is 22.4 Å². The number of nitrogen functional groups attached to an aromatic ring is 1. The van der Waals surface area contributed by atoms with Crippen LogP contribution in [0.3, 0.4) is 0 Å². The molecule has 31 heavy (non-hydrogen) atoms. The largest absolute Gasteiger partial charge is 0.368 e. The molecule has 4 heterocycles. The van der Waals surface area contributed by atoms with E-state index in [0.717, 1.165) is 35.5 Å². The van der Waals surface area contributed by atoms with E-state index < -0.39 is 0 Å². The maximum absolute atomic E-state index is 6.24. The fourth-order valence-electron chi connectivity index (χ4n) is 5.09. The van der Waals surface area contributed by atoms with Crippen LogP contribution in [0.25, 0.3) is 22.4 Å². The lowest BCUT2D eigenvalue weighted by molar-refractivity contribution is 0.0740. The van der Waals surface area contributed by atoms with E-state index in [1.807, 2.05) is 24.3 Å². The Morgan fingerprint density at radius 3 is 2.77 bits per heavy atom. The summed E-state index contributed by atoms with van der Waals surface area (Å²) in [6, 6.07) is 11.1. The van der Waals surface area contributed by atoms with Crippen LogP contribution in [0.5, 0.6) is 0 Å². The Bertz CT molecular complexity index is 1040. The van der Waals surface area contributed by atoms with Crippen LogP contribution in [-0.4, -0.2) is 45.5 Å². The molecule has 3 aromatic rings. The topological polar surface area (TPSA) is 82.9 Å². The zero-order valence-corrected chi connectivity index (χ0v) is 18.4. The summed E-state index contributed by atoms with van der Waals surface area (Å²) in [6.45, 7) is 3.41. The summed E-state index contributed by atoms with van der Waals surface area (Å²) in [6.07, 6.45) is 10.1. The van der Waals surface area contributed by atoms with E-state index in [0.29, 0.717) is 17.1 Å². The second kappa shape index (κ2) is 8.99. The number of H-pyrrole nitrogens is 1. The van der Waals surface area contributed by atoms with E-state index in [1.165, 1.54) is 44.3 Å². The molecule has 1 unspecified atom stereocenters. The highest BCUT2D eigenvalue weighted by Crippen LogP contribution is 2.37. The predicted molar refractivity (Wildman–Crippen MR) is 126 cm³/mol. The lowest BCUT2D eigenvalue weighted by Crippen LogP contribution is -2.46. The molecule has 4 N–H and O–H groups in total. The van der Waals surface area contributed by atoms with E-state index in [2.05, 4.69) is 37.4 Å². The zero-order valence-electron chi connectivity index (χ0n) is 17.6. The molecule has 162 valence electrons. The minimum atomic E-state index is 0.275. The number of hydrogen-bond donors (Lipinski definition) is 3. The summed E-state index contributed by atoms with van der Waals surface area (Å²) in [5.74, 6) is 0.275. The number of likely N-dealkylation sites (tertiary alicyclic amines) is 1. The third-order valence-corrected chi connectivity index (χ3v) is 6.84. The molecule has 7 heteroatoms. The van der Waals surface area contributed by atoms with Gasteiger partial charge in [-0.15, -0.1) is 0 Å². The monoisotopic (exact) mass is 436 g/mol. The fraction of sp³-hybridized carbons (Fsp3) is 0.417. The van der Waals surface area contributed by atoms with Gasteiger partial charge in [0.2, 0.25) is 5.95 Å². The third-order valence-electron chi connectivity index (χ3n) is 6.60. The van der Waals surface area contributed by atoms with Crippen molar-refractivity contribution < 1.29 is 0 Å². The first-order valence-electron chi connectivity index (χ1n) is 11.2. The molecular weight excluding hydrogens is 408 g/mol. The number of aromatic nitrogens is 3. The van der Waals surface area contributed by atoms with E-state index in [1.54, 1.807) is 6.20 Å². The number of hydrogen-bond acceptors (Lipinski definition) is 5. The molecule has 6 nitrogen and oxygen atoms in total. The van der Waals surface area contributed by atoms with E-state index in [-0.39, 0.29) is 5.95 Å². The maximum Gasteiger partial charge on any atom is 0.220 e. The molecule has 2 aliphatic rings. The van der Waals surface area contributed by atoms with Gasteiger partial charge in [-0.3, -0.25) is 4.90 Å². The standard InChI is InChI=1S/C24H29ClN6/c25-18-5-3-4-16(12-18)20-15-29-24(26)30-23(20)17-13-21(28-14-17)22-6-1-2-11-31(22)19-7-9-27-10-8-19/h3-5,12-15,19,22,27-28H,1-2,6-11H2,(H2,26,29,30). The van der Waals surface area contributed by atoms with Gasteiger partial charge in [0.15, 0.2) is 0 Å². The minimum Gasteiger partial charge on any atom is -0.368 e. The number of benzene rings is 1. The quantitative estimate of drug-likeness (QED) is 0.554. The molecule has 2 aliphatic heterocycles. The molecular formula is C24H29ClN6. The van der Waals surface area contributed by atoms with Gasteiger partial charge < -0.3 is 16.0 Å². The van der Waals surface area contributed by atoms with Crippen molar-refractivity contribution in [2.24, 2.45) is 0 Å². The summed E-state index contributed by atoms with van der Waals surface area (Å²) < 4.78 is 0. The van der Waals surface area contributed by atoms with Gasteiger partial charge in [-0.2, -0.15) is 0 Å². The first-order valence-corrected chi connectivity index (χ1v) is 11.6. The SMILES string of the molecule is Nc1ncc(-c2cccc(Cl)c2)c(-c2c[nH]c(C3CCCCN3C3CCNCC3)c2)n1. The minimum absolute atomic E-state index is 0.275. The smallest absolute Gasteiger partial charge is 0.220 e. The maximum atomic E-state index is 6.24. The number of nitrogens with two attached hydrogens (primary N) is 1. The molecule has 0 aliphatic carbocycles. The molecule has 5 rings (SSSR count). The summed E-state index contributed by atoms with van der Waals surface area (Å²) in [7, 11) is 0. The van der Waals surface area contributed by atoms with Crippen LogP contribution in [0.1, 0.15) is 43.8 Å². The van der Waals surface area contributed by atoms with Gasteiger partial charge >= 0.3 is 0 Å². The number of piperidine rings is 2. The average molecular weight is 437 g/mol. The van der Waals surface area contributed by atoms with E-state index >= 15 is 0 Å². The van der Waals surface area contributed by atoms with Crippen LogP contribution in [0.4, 0.5) is 5.95 Å². The molecule has 2 aromatic heterocycles. The molecule has 0 spiro atoms. The van der Waals surface area contributed by atoms with E-state index in [4.69, 9.17) is 17.3 Å². The third kappa shape index (κ3) is 4.33. The molecule has 0 amide bonds. The Hall–Kier alpha value is -2.41. The molecule has 1 atom stereocenters. The highest BCUT2D eigenvalue weighted by molar-refractivity contribution is 6.30. The van der Waals surface area contributed by atoms with Crippen LogP contribution in [0.2, 0.25) is 5.02 Å². The Morgan fingerprint density at radius 1 is 1.06 bits per heavy atom. The van der Waals surface area contributed by atoms with Crippen molar-refractivity contribution in [3.63, 3.8) is 0 Å². The number of halogens is 1. The van der Waals surface area contributed by atoms with Crippen molar-refractivity contribution >= 4 is 17.5 Å². The van der Waals surface area contributed by atoms with Crippen LogP contribution in [0, 0.1) is 0 Å². The van der Waals surface area contributed by atoms with Crippen LogP contribution in [0.15, 0.2) is 42.7 Å². The molecule has 0 bridgehead atoms. The summed E-state index contributed by atoms with van der Waals surface area (Å²) in [5.41, 5.74) is 11.0. The molecule has 0 radical (unpaired) electrons. The predicted octanol–water partition coefficient (Wildman–Crippen LogP) is 4.65. The summed E-state index contributed by atoms with van der Waals surface area (Å²) in [5, 5.41) is 4.18. The number of nitrogens with zero attached hydrogens (tertiary/aromatic N) is 3. The van der Waals surface area contributed by atoms with Crippen LogP contribution in [-0.2, 0) is 0 Å². The van der Waals surface area contributed by atoms with Gasteiger partial charge in [0.05, 0.1) is 11.7 Å². The lowest BCUT2D eigenvalue weighted by atomic mass is 9.93. The van der Waals surface area contributed by atoms with E-state index in [9.17, 15) is 0 Å². The number of aromatic amines is 1. The van der Waals surface area contributed by atoms with Gasteiger partial charge in [-0.1, -0.05) is 30.2 Å². The zero-order chi connectivity index (χ0) is 21.2. The van der Waals surface area contributed by atoms with Crippen LogP contribution >= 0.6 is 11.6 Å². The summed E-state index contributed by atoms with van der Waals surface area (Å²) in [4.78, 5) is 15.1. The van der Waals surface area contributed by atoms with Crippen molar-refractivity contribution in [2.75, 3.05) is 25.4 Å². The Morgan fingerprint density at radius 2 is 1.94 bits per heavy atom. The van der Waals surface area contributed by atoms with Crippen molar-refractivity contribution in [2.45, 2.75) is 44.2 Å². The first-order chi connectivity index (χ1) is 15.2. The average Bonchev–Trinajstić information content (AvgIpc) is 3.30. The normalized spacial score (nSPS) is 20.7. The van der Waals surface area contributed by atoms with Gasteiger partial charge in [0, 0.05) is 40.3 Å². The van der Waals surface area contributed by atoms with Crippen LogP contribution < -0.4 is 11.1 Å². The van der Waals surface area contributed by atoms with Gasteiger partial charge in [0.1, 0.15) is 0 Å². The molecule has 2 fully saturated rings. The Balaban J connectivity index is 1.48. The number of nitrogens with one attached hydrogen (secondary N) is 2. The van der Waals surface area contributed by atoms with Crippen molar-refractivity contribution in [3.05, 3.63) is 53.4 Å². The molecule has 2 saturated heterocycles. The van der Waals surface area contributed by atoms with Crippen molar-refractivity contribution in [1.82, 2.24) is 25.2 Å². The second-order valence-corrected chi connectivity index (χ2v) is 9.01. The van der Waals surface area contributed by atoms with Crippen molar-refractivity contribution in [1.29, 1.82) is 0 Å². The highest BCUT2D eigenvalue weighted by Gasteiger charge is 2.31. The number of rotatable bonds is 4. The fourth-order valence-corrected chi connectivity index (χ4v) is 5.28. The first kappa shape index (κ1) is 20.5. The number of anilines is 1. The Labute approximate surface area is 188 Å².